The van der Waals surface area contributed by atoms with Crippen LogP contribution in [0.25, 0.3) is 0 Å². The number of alkyl halides is 3. The van der Waals surface area contributed by atoms with Crippen LogP contribution in [0.4, 0.5) is 13.2 Å². The number of H-pyrrole nitrogens is 1. The van der Waals surface area contributed by atoms with E-state index in [1.165, 1.54) is 0 Å². The summed E-state index contributed by atoms with van der Waals surface area (Å²) in [4.78, 5) is 16.2. The first-order valence-corrected chi connectivity index (χ1v) is 3.98. The lowest BCUT2D eigenvalue weighted by Gasteiger charge is -2.07. The van der Waals surface area contributed by atoms with Gasteiger partial charge in [0.25, 0.3) is 5.56 Å². The topological polar surface area (TPSA) is 45.8 Å². The number of hydrogen-bond donors (Lipinski definition) is 1. The minimum Gasteiger partial charge on any atom is -0.323 e. The Labute approximate surface area is 78.0 Å². The quantitative estimate of drug-likeness (QED) is 0.762. The van der Waals surface area contributed by atoms with E-state index in [1.807, 2.05) is 0 Å². The molecule has 0 radical (unpaired) electrons. The first-order valence-electron chi connectivity index (χ1n) is 3.98. The average molecular weight is 206 g/mol. The Balaban J connectivity index is 3.22. The van der Waals surface area contributed by atoms with Gasteiger partial charge in [-0.15, -0.1) is 0 Å². The zero-order valence-electron chi connectivity index (χ0n) is 7.64. The summed E-state index contributed by atoms with van der Waals surface area (Å²) in [5.74, 6) is -0.0579. The zero-order chi connectivity index (χ0) is 10.9. The van der Waals surface area contributed by atoms with Crippen LogP contribution in [-0.4, -0.2) is 9.97 Å². The Morgan fingerprint density at radius 3 is 2.36 bits per heavy atom. The molecule has 3 nitrogen and oxygen atoms in total. The molecule has 0 unspecified atom stereocenters. The van der Waals surface area contributed by atoms with Crippen molar-refractivity contribution in [3.8, 4) is 0 Å². The molecule has 0 aliphatic rings. The van der Waals surface area contributed by atoms with Crippen LogP contribution < -0.4 is 5.56 Å². The standard InChI is InChI=1S/C8H9F3N2O/c1-4(2)5-3-12-6(7(14)13-5)8(9,10)11/h3-4H,1-2H3,(H,13,14). The Hall–Kier alpha value is -1.33. The smallest absolute Gasteiger partial charge is 0.323 e. The number of aromatic nitrogens is 2. The van der Waals surface area contributed by atoms with Crippen molar-refractivity contribution in [2.24, 2.45) is 0 Å². The van der Waals surface area contributed by atoms with Gasteiger partial charge in [-0.25, -0.2) is 4.98 Å². The SMILES string of the molecule is CC(C)c1cnc(C(F)(F)F)c(=O)[nH]1. The van der Waals surface area contributed by atoms with Crippen molar-refractivity contribution in [1.29, 1.82) is 0 Å². The molecule has 0 fully saturated rings. The highest BCUT2D eigenvalue weighted by molar-refractivity contribution is 5.08. The summed E-state index contributed by atoms with van der Waals surface area (Å²) in [6, 6.07) is 0. The molecule has 0 saturated heterocycles. The molecule has 1 N–H and O–H groups in total. The second kappa shape index (κ2) is 3.43. The van der Waals surface area contributed by atoms with Gasteiger partial charge in [-0.1, -0.05) is 13.8 Å². The second-order valence-electron chi connectivity index (χ2n) is 3.17. The van der Waals surface area contributed by atoms with Crippen LogP contribution in [0, 0.1) is 0 Å². The molecule has 1 rings (SSSR count). The Morgan fingerprint density at radius 2 is 2.00 bits per heavy atom. The van der Waals surface area contributed by atoms with Gasteiger partial charge in [-0.05, 0) is 5.92 Å². The summed E-state index contributed by atoms with van der Waals surface area (Å²) >= 11 is 0. The van der Waals surface area contributed by atoms with E-state index in [0.29, 0.717) is 5.69 Å². The third kappa shape index (κ3) is 2.12. The molecule has 0 spiro atoms. The largest absolute Gasteiger partial charge is 0.438 e. The highest BCUT2D eigenvalue weighted by Crippen LogP contribution is 2.24. The van der Waals surface area contributed by atoms with Gasteiger partial charge in [0.05, 0.1) is 0 Å². The molecule has 78 valence electrons. The summed E-state index contributed by atoms with van der Waals surface area (Å²) in [5.41, 5.74) is -2.20. The van der Waals surface area contributed by atoms with Crippen LogP contribution in [0.3, 0.4) is 0 Å². The lowest BCUT2D eigenvalue weighted by molar-refractivity contribution is -0.142. The van der Waals surface area contributed by atoms with Gasteiger partial charge in [0.15, 0.2) is 0 Å². The molecule has 1 aromatic heterocycles. The maximum absolute atomic E-state index is 12.1. The van der Waals surface area contributed by atoms with Crippen molar-refractivity contribution >= 4 is 0 Å². The molecule has 0 amide bonds. The molecule has 1 aromatic rings. The van der Waals surface area contributed by atoms with Crippen LogP contribution in [0.2, 0.25) is 0 Å². The number of aromatic amines is 1. The van der Waals surface area contributed by atoms with Crippen molar-refractivity contribution in [3.05, 3.63) is 27.9 Å². The van der Waals surface area contributed by atoms with Gasteiger partial charge in [-0.2, -0.15) is 13.2 Å². The molecule has 14 heavy (non-hydrogen) atoms. The zero-order valence-corrected chi connectivity index (χ0v) is 7.64. The fourth-order valence-corrected chi connectivity index (χ4v) is 0.911. The average Bonchev–Trinajstić information content (AvgIpc) is 2.01. The molecule has 0 atom stereocenters. The molecule has 0 aromatic carbocycles. The summed E-state index contributed by atoms with van der Waals surface area (Å²) in [6.07, 6.45) is -3.65. The third-order valence-electron chi connectivity index (χ3n) is 1.70. The Bertz CT molecular complexity index is 381. The summed E-state index contributed by atoms with van der Waals surface area (Å²) in [7, 11) is 0. The first-order chi connectivity index (χ1) is 6.32. The number of hydrogen-bond acceptors (Lipinski definition) is 2. The lowest BCUT2D eigenvalue weighted by Crippen LogP contribution is -2.24. The summed E-state index contributed by atoms with van der Waals surface area (Å²) in [6.45, 7) is 3.50. The molecular weight excluding hydrogens is 197 g/mol. The normalized spacial score (nSPS) is 12.1. The third-order valence-corrected chi connectivity index (χ3v) is 1.70. The fourth-order valence-electron chi connectivity index (χ4n) is 0.911. The van der Waals surface area contributed by atoms with Gasteiger partial charge in [0.2, 0.25) is 5.69 Å². The molecule has 0 aliphatic carbocycles. The molecule has 6 heteroatoms. The van der Waals surface area contributed by atoms with Crippen molar-refractivity contribution in [3.63, 3.8) is 0 Å². The fraction of sp³-hybridized carbons (Fsp3) is 0.500. The number of nitrogens with zero attached hydrogens (tertiary/aromatic N) is 1. The van der Waals surface area contributed by atoms with E-state index in [4.69, 9.17) is 0 Å². The highest BCUT2D eigenvalue weighted by atomic mass is 19.4. The van der Waals surface area contributed by atoms with Crippen molar-refractivity contribution < 1.29 is 13.2 Å². The van der Waals surface area contributed by atoms with E-state index in [2.05, 4.69) is 9.97 Å². The number of halogens is 3. The Kier molecular flexibility index (Phi) is 2.64. The van der Waals surface area contributed by atoms with Gasteiger partial charge < -0.3 is 4.98 Å². The minimum atomic E-state index is -4.69. The van der Waals surface area contributed by atoms with E-state index >= 15 is 0 Å². The van der Waals surface area contributed by atoms with Gasteiger partial charge in [0, 0.05) is 11.9 Å². The predicted octanol–water partition coefficient (Wildman–Crippen LogP) is 1.91. The van der Waals surface area contributed by atoms with Gasteiger partial charge >= 0.3 is 6.18 Å². The van der Waals surface area contributed by atoms with E-state index in [-0.39, 0.29) is 5.92 Å². The van der Waals surface area contributed by atoms with Gasteiger partial charge in [0.1, 0.15) is 0 Å². The molecule has 0 aliphatic heterocycles. The van der Waals surface area contributed by atoms with Crippen LogP contribution >= 0.6 is 0 Å². The maximum Gasteiger partial charge on any atom is 0.438 e. The van der Waals surface area contributed by atoms with E-state index in [9.17, 15) is 18.0 Å². The second-order valence-corrected chi connectivity index (χ2v) is 3.17. The first kappa shape index (κ1) is 10.7. The lowest BCUT2D eigenvalue weighted by atomic mass is 10.1. The Morgan fingerprint density at radius 1 is 1.43 bits per heavy atom. The predicted molar refractivity (Wildman–Crippen MR) is 43.9 cm³/mol. The molecule has 0 saturated carbocycles. The number of rotatable bonds is 1. The maximum atomic E-state index is 12.1. The summed E-state index contributed by atoms with van der Waals surface area (Å²) in [5, 5.41) is 0. The minimum absolute atomic E-state index is 0.0579. The van der Waals surface area contributed by atoms with Crippen LogP contribution in [0.5, 0.6) is 0 Å². The van der Waals surface area contributed by atoms with Crippen LogP contribution in [0.15, 0.2) is 11.0 Å². The number of nitrogens with one attached hydrogen (secondary N) is 1. The molecule has 0 bridgehead atoms. The summed E-state index contributed by atoms with van der Waals surface area (Å²) < 4.78 is 36.3. The molecular formula is C8H9F3N2O. The van der Waals surface area contributed by atoms with Crippen LogP contribution in [-0.2, 0) is 6.18 Å². The monoisotopic (exact) mass is 206 g/mol. The van der Waals surface area contributed by atoms with E-state index < -0.39 is 17.4 Å². The van der Waals surface area contributed by atoms with Crippen molar-refractivity contribution in [1.82, 2.24) is 9.97 Å². The van der Waals surface area contributed by atoms with Crippen molar-refractivity contribution in [2.45, 2.75) is 25.9 Å². The van der Waals surface area contributed by atoms with Crippen molar-refractivity contribution in [2.75, 3.05) is 0 Å². The van der Waals surface area contributed by atoms with E-state index in [1.54, 1.807) is 13.8 Å². The van der Waals surface area contributed by atoms with E-state index in [0.717, 1.165) is 6.20 Å². The van der Waals surface area contributed by atoms with Gasteiger partial charge in [-0.3, -0.25) is 4.79 Å². The highest BCUT2D eigenvalue weighted by Gasteiger charge is 2.35. The van der Waals surface area contributed by atoms with Crippen LogP contribution in [0.1, 0.15) is 31.2 Å². The molecule has 1 heterocycles.